The summed E-state index contributed by atoms with van der Waals surface area (Å²) in [4.78, 5) is 20.3. The molecule has 3 heterocycles. The number of hydrogen-bond acceptors (Lipinski definition) is 5. The van der Waals surface area contributed by atoms with Gasteiger partial charge in [-0.05, 0) is 43.3 Å². The first-order valence-electron chi connectivity index (χ1n) is 8.18. The summed E-state index contributed by atoms with van der Waals surface area (Å²) < 4.78 is 0. The Kier molecular flexibility index (Phi) is 5.80. The lowest BCUT2D eigenvalue weighted by Gasteiger charge is -2.20. The van der Waals surface area contributed by atoms with Gasteiger partial charge < -0.3 is 10.2 Å². The fourth-order valence-electron chi connectivity index (χ4n) is 2.89. The third-order valence-corrected chi connectivity index (χ3v) is 5.97. The lowest BCUT2D eigenvalue weighted by molar-refractivity contribution is -0.120. The third kappa shape index (κ3) is 4.86. The Hall–Kier alpha value is -1.24. The van der Waals surface area contributed by atoms with Gasteiger partial charge in [0.1, 0.15) is 5.01 Å². The van der Waals surface area contributed by atoms with E-state index in [0.717, 1.165) is 23.8 Å². The molecule has 1 N–H and O–H groups in total. The Morgan fingerprint density at radius 3 is 2.96 bits per heavy atom. The molecule has 0 aromatic carbocycles. The minimum absolute atomic E-state index is 0.0706. The number of aromatic nitrogens is 1. The van der Waals surface area contributed by atoms with E-state index in [9.17, 15) is 4.79 Å². The fraction of sp³-hybridized carbons (Fsp3) is 0.529. The van der Waals surface area contributed by atoms with Crippen LogP contribution >= 0.6 is 22.7 Å². The van der Waals surface area contributed by atoms with Crippen molar-refractivity contribution in [2.75, 3.05) is 26.2 Å². The Labute approximate surface area is 145 Å². The van der Waals surface area contributed by atoms with Crippen LogP contribution in [0.15, 0.2) is 22.9 Å². The summed E-state index contributed by atoms with van der Waals surface area (Å²) in [5.41, 5.74) is 0.864. The highest BCUT2D eigenvalue weighted by atomic mass is 32.1. The van der Waals surface area contributed by atoms with Gasteiger partial charge in [-0.3, -0.25) is 4.79 Å². The maximum Gasteiger partial charge on any atom is 0.226 e. The van der Waals surface area contributed by atoms with Crippen LogP contribution in [0.4, 0.5) is 0 Å². The molecular formula is C17H23N3OS2. The van der Waals surface area contributed by atoms with Crippen LogP contribution in [0.2, 0.25) is 0 Å². The zero-order valence-corrected chi connectivity index (χ0v) is 15.1. The molecule has 1 aliphatic rings. The lowest BCUT2D eigenvalue weighted by Crippen LogP contribution is -2.35. The van der Waals surface area contributed by atoms with Gasteiger partial charge >= 0.3 is 0 Å². The van der Waals surface area contributed by atoms with Crippen molar-refractivity contribution in [3.63, 3.8) is 0 Å². The van der Waals surface area contributed by atoms with Gasteiger partial charge in [-0.25, -0.2) is 4.98 Å². The second-order valence-corrected chi connectivity index (χ2v) is 8.02. The average molecular weight is 350 g/mol. The van der Waals surface area contributed by atoms with Crippen LogP contribution in [0.5, 0.6) is 0 Å². The average Bonchev–Trinajstić information content (AvgIpc) is 3.27. The molecular weight excluding hydrogens is 326 g/mol. The van der Waals surface area contributed by atoms with Gasteiger partial charge in [-0.2, -0.15) is 0 Å². The molecule has 1 fully saturated rings. The first kappa shape index (κ1) is 16.6. The standard InChI is InChI=1S/C17H23N3OS2/c1-13(11-20-6-2-3-7-20)10-18-16(21)9-14-12-23-17(19-14)15-5-4-8-22-15/h4-5,8,12-13H,2-3,6-7,9-11H2,1H3,(H,18,21)/t13-/m0/s1. The number of nitrogens with zero attached hydrogens (tertiary/aromatic N) is 2. The maximum absolute atomic E-state index is 12.1. The van der Waals surface area contributed by atoms with E-state index in [1.54, 1.807) is 22.7 Å². The molecule has 6 heteroatoms. The highest BCUT2D eigenvalue weighted by molar-refractivity contribution is 7.20. The summed E-state index contributed by atoms with van der Waals surface area (Å²) >= 11 is 3.29. The van der Waals surface area contributed by atoms with Crippen molar-refractivity contribution < 1.29 is 4.79 Å². The maximum atomic E-state index is 12.1. The molecule has 1 saturated heterocycles. The van der Waals surface area contributed by atoms with Crippen molar-refractivity contribution in [2.45, 2.75) is 26.2 Å². The van der Waals surface area contributed by atoms with Crippen molar-refractivity contribution in [1.29, 1.82) is 0 Å². The summed E-state index contributed by atoms with van der Waals surface area (Å²) in [6, 6.07) is 4.09. The van der Waals surface area contributed by atoms with Crippen LogP contribution in [0.25, 0.3) is 9.88 Å². The highest BCUT2D eigenvalue weighted by Gasteiger charge is 2.15. The molecule has 2 aromatic rings. The van der Waals surface area contributed by atoms with E-state index in [4.69, 9.17) is 0 Å². The van der Waals surface area contributed by atoms with E-state index in [1.807, 2.05) is 16.8 Å². The van der Waals surface area contributed by atoms with Gasteiger partial charge in [0, 0.05) is 18.5 Å². The van der Waals surface area contributed by atoms with E-state index >= 15 is 0 Å². The number of carbonyl (C=O) groups is 1. The van der Waals surface area contributed by atoms with Crippen molar-refractivity contribution in [2.24, 2.45) is 5.92 Å². The van der Waals surface area contributed by atoms with E-state index in [0.29, 0.717) is 12.3 Å². The van der Waals surface area contributed by atoms with Crippen LogP contribution in [-0.4, -0.2) is 42.0 Å². The molecule has 124 valence electrons. The Balaban J connectivity index is 1.42. The van der Waals surface area contributed by atoms with Crippen molar-refractivity contribution in [3.8, 4) is 9.88 Å². The topological polar surface area (TPSA) is 45.2 Å². The highest BCUT2D eigenvalue weighted by Crippen LogP contribution is 2.27. The number of thiazole rings is 1. The van der Waals surface area contributed by atoms with Gasteiger partial charge in [0.15, 0.2) is 0 Å². The SMILES string of the molecule is C[C@@H](CNC(=O)Cc1csc(-c2cccs2)n1)CN1CCCC1. The second-order valence-electron chi connectivity index (χ2n) is 6.22. The Morgan fingerprint density at radius 2 is 2.22 bits per heavy atom. The molecule has 2 aromatic heterocycles. The van der Waals surface area contributed by atoms with Gasteiger partial charge in [-0.1, -0.05) is 13.0 Å². The molecule has 0 aliphatic carbocycles. The van der Waals surface area contributed by atoms with Crippen LogP contribution in [-0.2, 0) is 11.2 Å². The summed E-state index contributed by atoms with van der Waals surface area (Å²) in [6.07, 6.45) is 3.00. The molecule has 4 nitrogen and oxygen atoms in total. The molecule has 0 spiro atoms. The van der Waals surface area contributed by atoms with Gasteiger partial charge in [0.25, 0.3) is 0 Å². The Bertz CT molecular complexity index is 618. The predicted molar refractivity (Wildman–Crippen MR) is 97.0 cm³/mol. The summed E-state index contributed by atoms with van der Waals surface area (Å²) in [5, 5.41) is 8.09. The number of amides is 1. The number of hydrogen-bond donors (Lipinski definition) is 1. The van der Waals surface area contributed by atoms with Gasteiger partial charge in [0.2, 0.25) is 5.91 Å². The predicted octanol–water partition coefficient (Wildman–Crippen LogP) is 3.26. The van der Waals surface area contributed by atoms with E-state index < -0.39 is 0 Å². The molecule has 0 saturated carbocycles. The first-order chi connectivity index (χ1) is 11.2. The van der Waals surface area contributed by atoms with E-state index in [1.165, 1.54) is 30.8 Å². The third-order valence-electron chi connectivity index (χ3n) is 4.04. The first-order valence-corrected chi connectivity index (χ1v) is 9.94. The van der Waals surface area contributed by atoms with Crippen molar-refractivity contribution in [1.82, 2.24) is 15.2 Å². The largest absolute Gasteiger partial charge is 0.355 e. The Morgan fingerprint density at radius 1 is 1.39 bits per heavy atom. The van der Waals surface area contributed by atoms with Crippen LogP contribution in [0, 0.1) is 5.92 Å². The molecule has 1 atom stereocenters. The number of nitrogens with one attached hydrogen (secondary N) is 1. The molecule has 0 bridgehead atoms. The fourth-order valence-corrected chi connectivity index (χ4v) is 4.52. The van der Waals surface area contributed by atoms with Crippen LogP contribution in [0.1, 0.15) is 25.5 Å². The number of thiophene rings is 1. The molecule has 0 unspecified atom stereocenters. The van der Waals surface area contributed by atoms with E-state index in [-0.39, 0.29) is 5.91 Å². The van der Waals surface area contributed by atoms with E-state index in [2.05, 4.69) is 28.2 Å². The second kappa shape index (κ2) is 8.04. The minimum atomic E-state index is 0.0706. The van der Waals surface area contributed by atoms with Crippen LogP contribution in [0.3, 0.4) is 0 Å². The normalized spacial score (nSPS) is 16.6. The molecule has 23 heavy (non-hydrogen) atoms. The zero-order chi connectivity index (χ0) is 16.1. The quantitative estimate of drug-likeness (QED) is 0.834. The summed E-state index contributed by atoms with van der Waals surface area (Å²) in [6.45, 7) is 6.46. The molecule has 0 radical (unpaired) electrons. The smallest absolute Gasteiger partial charge is 0.226 e. The van der Waals surface area contributed by atoms with Crippen molar-refractivity contribution in [3.05, 3.63) is 28.6 Å². The summed E-state index contributed by atoms with van der Waals surface area (Å²) in [5.74, 6) is 0.565. The van der Waals surface area contributed by atoms with Gasteiger partial charge in [-0.15, -0.1) is 22.7 Å². The monoisotopic (exact) mass is 349 g/mol. The minimum Gasteiger partial charge on any atom is -0.355 e. The van der Waals surface area contributed by atoms with Gasteiger partial charge in [0.05, 0.1) is 17.0 Å². The van der Waals surface area contributed by atoms with Crippen LogP contribution < -0.4 is 5.32 Å². The number of likely N-dealkylation sites (tertiary alicyclic amines) is 1. The molecule has 3 rings (SSSR count). The summed E-state index contributed by atoms with van der Waals surface area (Å²) in [7, 11) is 0. The zero-order valence-electron chi connectivity index (χ0n) is 13.5. The van der Waals surface area contributed by atoms with Crippen molar-refractivity contribution >= 4 is 28.6 Å². The number of carbonyl (C=O) groups excluding carboxylic acids is 1. The molecule has 1 aliphatic heterocycles. The molecule has 1 amide bonds. The number of rotatable bonds is 7. The lowest BCUT2D eigenvalue weighted by atomic mass is 10.1.